The number of aliphatic imine (C=N–C) groups is 1. The van der Waals surface area contributed by atoms with Crippen LogP contribution < -0.4 is 10.6 Å². The Hall–Kier alpha value is -2.19. The molecule has 0 atom stereocenters. The van der Waals surface area contributed by atoms with Gasteiger partial charge in [0.15, 0.2) is 5.96 Å². The van der Waals surface area contributed by atoms with Crippen LogP contribution in [0.2, 0.25) is 0 Å². The molecule has 140 valence electrons. The number of hydrogen-bond acceptors (Lipinski definition) is 5. The first-order valence-corrected chi connectivity index (χ1v) is 8.49. The summed E-state index contributed by atoms with van der Waals surface area (Å²) in [5.41, 5.74) is 0.895. The third kappa shape index (κ3) is 9.02. The zero-order valence-corrected chi connectivity index (χ0v) is 15.3. The number of benzene rings is 1. The number of nitrogens with one attached hydrogen (secondary N) is 2. The SMILES string of the molecule is CCNC(=NCc1cccc([N+](=O)[O-])c1)NCCN(C)CCCOC. The number of hydrogen-bond donors (Lipinski definition) is 2. The van der Waals surface area contributed by atoms with Crippen LogP contribution >= 0.6 is 0 Å². The molecule has 0 heterocycles. The lowest BCUT2D eigenvalue weighted by atomic mass is 10.2. The summed E-state index contributed by atoms with van der Waals surface area (Å²) in [6.07, 6.45) is 1.01. The fourth-order valence-corrected chi connectivity index (χ4v) is 2.24. The first-order chi connectivity index (χ1) is 12.1. The molecule has 0 saturated heterocycles. The van der Waals surface area contributed by atoms with E-state index < -0.39 is 4.92 Å². The first kappa shape index (κ1) is 20.9. The maximum Gasteiger partial charge on any atom is 0.269 e. The number of nitro benzene ring substituents is 1. The van der Waals surface area contributed by atoms with E-state index in [1.165, 1.54) is 6.07 Å². The highest BCUT2D eigenvalue weighted by Gasteiger charge is 2.05. The molecule has 0 unspecified atom stereocenters. The molecule has 0 radical (unpaired) electrons. The smallest absolute Gasteiger partial charge is 0.269 e. The molecule has 0 amide bonds. The van der Waals surface area contributed by atoms with Gasteiger partial charge in [-0.05, 0) is 26.0 Å². The van der Waals surface area contributed by atoms with Gasteiger partial charge < -0.3 is 20.3 Å². The van der Waals surface area contributed by atoms with Crippen molar-refractivity contribution in [3.63, 3.8) is 0 Å². The van der Waals surface area contributed by atoms with Crippen molar-refractivity contribution in [1.29, 1.82) is 0 Å². The van der Waals surface area contributed by atoms with Gasteiger partial charge in [0.2, 0.25) is 0 Å². The Bertz CT molecular complexity index is 551. The molecule has 0 aromatic heterocycles. The van der Waals surface area contributed by atoms with E-state index in [0.717, 1.165) is 44.8 Å². The fourth-order valence-electron chi connectivity index (χ4n) is 2.24. The molecule has 0 aliphatic heterocycles. The van der Waals surface area contributed by atoms with E-state index in [-0.39, 0.29) is 5.69 Å². The monoisotopic (exact) mass is 351 g/mol. The second kappa shape index (κ2) is 12.2. The summed E-state index contributed by atoms with van der Waals surface area (Å²) < 4.78 is 5.05. The molecular formula is C17H29N5O3. The molecule has 1 aromatic rings. The van der Waals surface area contributed by atoms with E-state index in [1.807, 2.05) is 13.0 Å². The number of ether oxygens (including phenoxy) is 1. The van der Waals surface area contributed by atoms with Gasteiger partial charge in [-0.1, -0.05) is 12.1 Å². The predicted molar refractivity (Wildman–Crippen MR) is 99.9 cm³/mol. The Kier molecular flexibility index (Phi) is 10.2. The Morgan fingerprint density at radius 1 is 1.36 bits per heavy atom. The van der Waals surface area contributed by atoms with E-state index in [1.54, 1.807) is 19.2 Å². The molecule has 0 spiro atoms. The molecule has 1 rings (SSSR count). The van der Waals surface area contributed by atoms with Gasteiger partial charge in [0, 0.05) is 52.0 Å². The van der Waals surface area contributed by atoms with Gasteiger partial charge in [-0.3, -0.25) is 10.1 Å². The number of methoxy groups -OCH3 is 1. The third-order valence-corrected chi connectivity index (χ3v) is 3.56. The van der Waals surface area contributed by atoms with Crippen LogP contribution in [0.5, 0.6) is 0 Å². The Balaban J connectivity index is 2.48. The van der Waals surface area contributed by atoms with Crippen LogP contribution in [0.3, 0.4) is 0 Å². The van der Waals surface area contributed by atoms with Crippen molar-refractivity contribution >= 4 is 11.6 Å². The van der Waals surface area contributed by atoms with E-state index in [4.69, 9.17) is 4.74 Å². The van der Waals surface area contributed by atoms with E-state index in [0.29, 0.717) is 12.5 Å². The summed E-state index contributed by atoms with van der Waals surface area (Å²) in [6.45, 7) is 6.56. The van der Waals surface area contributed by atoms with Crippen LogP contribution in [0.4, 0.5) is 5.69 Å². The van der Waals surface area contributed by atoms with Crippen LogP contribution in [0.1, 0.15) is 18.9 Å². The highest BCUT2D eigenvalue weighted by Crippen LogP contribution is 2.13. The minimum absolute atomic E-state index is 0.0864. The van der Waals surface area contributed by atoms with Gasteiger partial charge >= 0.3 is 0 Å². The van der Waals surface area contributed by atoms with Crippen LogP contribution in [0, 0.1) is 10.1 Å². The van der Waals surface area contributed by atoms with E-state index in [9.17, 15) is 10.1 Å². The van der Waals surface area contributed by atoms with Crippen molar-refractivity contribution in [2.75, 3.05) is 46.9 Å². The minimum Gasteiger partial charge on any atom is -0.385 e. The number of guanidine groups is 1. The van der Waals surface area contributed by atoms with Crippen LogP contribution in [0.25, 0.3) is 0 Å². The van der Waals surface area contributed by atoms with Gasteiger partial charge in [-0.25, -0.2) is 4.99 Å². The van der Waals surface area contributed by atoms with Gasteiger partial charge in [-0.15, -0.1) is 0 Å². The lowest BCUT2D eigenvalue weighted by molar-refractivity contribution is -0.384. The molecular weight excluding hydrogens is 322 g/mol. The topological polar surface area (TPSA) is 92.0 Å². The van der Waals surface area contributed by atoms with Crippen molar-refractivity contribution in [1.82, 2.24) is 15.5 Å². The van der Waals surface area contributed by atoms with E-state index >= 15 is 0 Å². The number of rotatable bonds is 11. The summed E-state index contributed by atoms with van der Waals surface area (Å²) in [6, 6.07) is 6.55. The molecule has 25 heavy (non-hydrogen) atoms. The molecule has 0 aliphatic rings. The van der Waals surface area contributed by atoms with Crippen LogP contribution in [-0.2, 0) is 11.3 Å². The zero-order valence-electron chi connectivity index (χ0n) is 15.3. The maximum absolute atomic E-state index is 10.8. The van der Waals surface area contributed by atoms with Crippen molar-refractivity contribution < 1.29 is 9.66 Å². The van der Waals surface area contributed by atoms with Crippen LogP contribution in [0.15, 0.2) is 29.3 Å². The normalized spacial score (nSPS) is 11.6. The Morgan fingerprint density at radius 3 is 2.84 bits per heavy atom. The molecule has 0 fully saturated rings. The molecule has 0 saturated carbocycles. The van der Waals surface area contributed by atoms with Crippen LogP contribution in [-0.4, -0.2) is 62.7 Å². The lowest BCUT2D eigenvalue weighted by Crippen LogP contribution is -2.41. The van der Waals surface area contributed by atoms with E-state index in [2.05, 4.69) is 27.6 Å². The predicted octanol–water partition coefficient (Wildman–Crippen LogP) is 1.62. The minimum atomic E-state index is -0.393. The zero-order chi connectivity index (χ0) is 18.5. The highest BCUT2D eigenvalue weighted by atomic mass is 16.6. The molecule has 8 heteroatoms. The summed E-state index contributed by atoms with van der Waals surface area (Å²) >= 11 is 0. The largest absolute Gasteiger partial charge is 0.385 e. The number of nitrogens with zero attached hydrogens (tertiary/aromatic N) is 3. The van der Waals surface area contributed by atoms with Gasteiger partial charge in [0.25, 0.3) is 5.69 Å². The second-order valence-corrected chi connectivity index (χ2v) is 5.70. The average molecular weight is 351 g/mol. The highest BCUT2D eigenvalue weighted by molar-refractivity contribution is 5.79. The average Bonchev–Trinajstić information content (AvgIpc) is 2.60. The van der Waals surface area contributed by atoms with Crippen molar-refractivity contribution in [3.05, 3.63) is 39.9 Å². The third-order valence-electron chi connectivity index (χ3n) is 3.56. The number of nitro groups is 1. The van der Waals surface area contributed by atoms with Crippen molar-refractivity contribution in [2.24, 2.45) is 4.99 Å². The van der Waals surface area contributed by atoms with Gasteiger partial charge in [0.1, 0.15) is 0 Å². The summed E-state index contributed by atoms with van der Waals surface area (Å²) in [5.74, 6) is 0.708. The second-order valence-electron chi connectivity index (χ2n) is 5.70. The quantitative estimate of drug-likeness (QED) is 0.207. The molecule has 0 bridgehead atoms. The van der Waals surface area contributed by atoms with Gasteiger partial charge in [0.05, 0.1) is 11.5 Å². The Labute approximate surface area is 149 Å². The van der Waals surface area contributed by atoms with Crippen molar-refractivity contribution in [2.45, 2.75) is 19.9 Å². The molecule has 0 aliphatic carbocycles. The molecule has 2 N–H and O–H groups in total. The standard InChI is InChI=1S/C17H29N5O3/c1-4-18-17(19-9-11-21(2)10-6-12-25-3)20-14-15-7-5-8-16(13-15)22(23)24/h5,7-8,13H,4,6,9-12,14H2,1-3H3,(H2,18,19,20). The maximum atomic E-state index is 10.8. The molecule has 1 aromatic carbocycles. The molecule has 8 nitrogen and oxygen atoms in total. The fraction of sp³-hybridized carbons (Fsp3) is 0.588. The lowest BCUT2D eigenvalue weighted by Gasteiger charge is -2.18. The number of likely N-dealkylation sites (N-methyl/N-ethyl adjacent to an activating group) is 1. The number of non-ortho nitro benzene ring substituents is 1. The first-order valence-electron chi connectivity index (χ1n) is 8.49. The summed E-state index contributed by atoms with van der Waals surface area (Å²) in [7, 11) is 3.78. The Morgan fingerprint density at radius 2 is 2.16 bits per heavy atom. The van der Waals surface area contributed by atoms with Crippen molar-refractivity contribution in [3.8, 4) is 0 Å². The summed E-state index contributed by atoms with van der Waals surface area (Å²) in [4.78, 5) is 17.2. The van der Waals surface area contributed by atoms with Gasteiger partial charge in [-0.2, -0.15) is 0 Å². The summed E-state index contributed by atoms with van der Waals surface area (Å²) in [5, 5.41) is 17.3.